The van der Waals surface area contributed by atoms with Gasteiger partial charge >= 0.3 is 11.7 Å². The number of allylic oxidation sites excluding steroid dienone is 1. The molecule has 0 radical (unpaired) electrons. The molecule has 33 heavy (non-hydrogen) atoms. The first-order chi connectivity index (χ1) is 15.7. The summed E-state index contributed by atoms with van der Waals surface area (Å²) in [6.45, 7) is 5.63. The van der Waals surface area contributed by atoms with E-state index in [2.05, 4.69) is 22.0 Å². The predicted octanol–water partition coefficient (Wildman–Crippen LogP) is 3.85. The number of hydrogen-bond donors (Lipinski definition) is 2. The Kier molecular flexibility index (Phi) is 9.44. The first kappa shape index (κ1) is 25.9. The summed E-state index contributed by atoms with van der Waals surface area (Å²) in [6.07, 6.45) is 7.98. The largest absolute Gasteiger partial charge is 0.507 e. The molecule has 2 aromatic rings. The summed E-state index contributed by atoms with van der Waals surface area (Å²) in [4.78, 5) is 41.0. The van der Waals surface area contributed by atoms with Crippen molar-refractivity contribution < 1.29 is 23.8 Å². The number of aromatic nitrogens is 2. The summed E-state index contributed by atoms with van der Waals surface area (Å²) in [5.41, 5.74) is -0.210. The molecule has 2 N–H and O–H groups in total. The monoisotopic (exact) mass is 459 g/mol. The SMILES string of the molecule is CCCc1cn(C)c(CC(C)C(=O)c2c(O)cc(C(C)CC/C=C/NC(=O)OC)oc2=O)n1. The molecule has 2 atom stereocenters. The number of ether oxygens (including phenoxy) is 1. The molecule has 0 aliphatic carbocycles. The highest BCUT2D eigenvalue weighted by molar-refractivity contribution is 5.99. The number of nitrogens with one attached hydrogen (secondary N) is 1. The summed E-state index contributed by atoms with van der Waals surface area (Å²) in [5, 5.41) is 12.9. The van der Waals surface area contributed by atoms with Gasteiger partial charge in [0, 0.05) is 43.8 Å². The van der Waals surface area contributed by atoms with Gasteiger partial charge in [0.1, 0.15) is 22.9 Å². The van der Waals surface area contributed by atoms with E-state index in [1.54, 1.807) is 13.0 Å². The molecule has 0 aliphatic rings. The average Bonchev–Trinajstić information content (AvgIpc) is 3.11. The number of carbonyl (C=O) groups is 2. The van der Waals surface area contributed by atoms with Gasteiger partial charge in [0.05, 0.1) is 12.8 Å². The van der Waals surface area contributed by atoms with Crippen LogP contribution in [0.25, 0.3) is 0 Å². The summed E-state index contributed by atoms with van der Waals surface area (Å²) in [6, 6.07) is 1.34. The first-order valence-electron chi connectivity index (χ1n) is 11.1. The summed E-state index contributed by atoms with van der Waals surface area (Å²) in [7, 11) is 3.15. The quantitative estimate of drug-likeness (QED) is 0.489. The molecule has 2 heterocycles. The number of methoxy groups -OCH3 is 1. The minimum Gasteiger partial charge on any atom is -0.507 e. The van der Waals surface area contributed by atoms with E-state index < -0.39 is 23.4 Å². The fourth-order valence-electron chi connectivity index (χ4n) is 3.48. The fraction of sp³-hybridized carbons (Fsp3) is 0.500. The van der Waals surface area contributed by atoms with E-state index in [9.17, 15) is 19.5 Å². The molecule has 2 unspecified atom stereocenters. The maximum Gasteiger partial charge on any atom is 0.410 e. The van der Waals surface area contributed by atoms with Crippen molar-refractivity contribution >= 4 is 11.9 Å². The Balaban J connectivity index is 2.07. The number of aryl methyl sites for hydroxylation is 2. The number of nitrogens with zero attached hydrogens (tertiary/aromatic N) is 2. The fourth-order valence-corrected chi connectivity index (χ4v) is 3.48. The minimum atomic E-state index is -0.844. The maximum atomic E-state index is 12.9. The van der Waals surface area contributed by atoms with Crippen molar-refractivity contribution in [3.63, 3.8) is 0 Å². The number of hydrogen-bond acceptors (Lipinski definition) is 7. The third-order valence-corrected chi connectivity index (χ3v) is 5.42. The van der Waals surface area contributed by atoms with Gasteiger partial charge < -0.3 is 18.8 Å². The molecule has 180 valence electrons. The molecule has 2 rings (SSSR count). The van der Waals surface area contributed by atoms with Crippen LogP contribution in [-0.2, 0) is 24.6 Å². The maximum absolute atomic E-state index is 12.9. The van der Waals surface area contributed by atoms with Gasteiger partial charge in [0.15, 0.2) is 5.78 Å². The first-order valence-corrected chi connectivity index (χ1v) is 11.1. The highest BCUT2D eigenvalue weighted by atomic mass is 16.5. The van der Waals surface area contributed by atoms with Gasteiger partial charge in [-0.3, -0.25) is 10.1 Å². The topological polar surface area (TPSA) is 124 Å². The Morgan fingerprint density at radius 1 is 1.36 bits per heavy atom. The zero-order chi connectivity index (χ0) is 24.5. The van der Waals surface area contributed by atoms with E-state index in [0.717, 1.165) is 24.4 Å². The summed E-state index contributed by atoms with van der Waals surface area (Å²) >= 11 is 0. The van der Waals surface area contributed by atoms with Crippen molar-refractivity contribution in [1.82, 2.24) is 14.9 Å². The number of ketones is 1. The summed E-state index contributed by atoms with van der Waals surface area (Å²) in [5.74, 6) is -0.535. The third-order valence-electron chi connectivity index (χ3n) is 5.42. The van der Waals surface area contributed by atoms with E-state index in [1.807, 2.05) is 24.7 Å². The highest BCUT2D eigenvalue weighted by Crippen LogP contribution is 2.26. The van der Waals surface area contributed by atoms with Crippen LogP contribution in [0, 0.1) is 5.92 Å². The standard InChI is InChI=1S/C24H33N3O6/c1-6-9-17-14-27(4)20(26-17)12-16(3)22(29)21-18(28)13-19(33-23(21)30)15(2)10-7-8-11-25-24(31)32-5/h8,11,13-16,28H,6-7,9-10,12H2,1-5H3,(H,25,31)/b11-8+. The average molecular weight is 460 g/mol. The van der Waals surface area contributed by atoms with Crippen molar-refractivity contribution in [3.8, 4) is 5.75 Å². The Hall–Kier alpha value is -3.36. The second-order valence-corrected chi connectivity index (χ2v) is 8.19. The van der Waals surface area contributed by atoms with E-state index in [-0.39, 0.29) is 17.2 Å². The number of Topliss-reactive ketones (excluding diaryl/α,β-unsaturated/α-hetero) is 1. The Labute approximate surface area is 193 Å². The van der Waals surface area contributed by atoms with Crippen molar-refractivity contribution in [2.75, 3.05) is 7.11 Å². The molecule has 1 amide bonds. The minimum absolute atomic E-state index is 0.183. The van der Waals surface area contributed by atoms with Crippen molar-refractivity contribution in [3.05, 3.63) is 57.8 Å². The molecule has 2 aromatic heterocycles. The molecule has 0 aromatic carbocycles. The highest BCUT2D eigenvalue weighted by Gasteiger charge is 2.26. The number of amides is 1. The Morgan fingerprint density at radius 2 is 2.09 bits per heavy atom. The lowest BCUT2D eigenvalue weighted by Gasteiger charge is -2.13. The lowest BCUT2D eigenvalue weighted by Crippen LogP contribution is -2.23. The number of aromatic hydroxyl groups is 1. The number of imidazole rings is 1. The molecular formula is C24H33N3O6. The van der Waals surface area contributed by atoms with Gasteiger partial charge in [0.2, 0.25) is 0 Å². The van der Waals surface area contributed by atoms with Gasteiger partial charge in [-0.1, -0.05) is 33.3 Å². The molecule has 0 fully saturated rings. The van der Waals surface area contributed by atoms with Crippen molar-refractivity contribution in [2.24, 2.45) is 13.0 Å². The number of rotatable bonds is 11. The van der Waals surface area contributed by atoms with Crippen LogP contribution in [0.2, 0.25) is 0 Å². The number of carbonyl (C=O) groups excluding carboxylic acids is 2. The Morgan fingerprint density at radius 3 is 2.73 bits per heavy atom. The van der Waals surface area contributed by atoms with Crippen LogP contribution in [0.4, 0.5) is 4.79 Å². The van der Waals surface area contributed by atoms with Gasteiger partial charge in [-0.15, -0.1) is 0 Å². The smallest absolute Gasteiger partial charge is 0.410 e. The second kappa shape index (κ2) is 12.0. The second-order valence-electron chi connectivity index (χ2n) is 8.19. The van der Waals surface area contributed by atoms with Crippen molar-refractivity contribution in [1.29, 1.82) is 0 Å². The molecule has 9 nitrogen and oxygen atoms in total. The lowest BCUT2D eigenvalue weighted by atomic mass is 9.95. The zero-order valence-corrected chi connectivity index (χ0v) is 19.9. The van der Waals surface area contributed by atoms with Crippen LogP contribution in [0.1, 0.15) is 73.6 Å². The van der Waals surface area contributed by atoms with Crippen LogP contribution in [0.5, 0.6) is 5.75 Å². The molecule has 0 spiro atoms. The van der Waals surface area contributed by atoms with Crippen LogP contribution >= 0.6 is 0 Å². The van der Waals surface area contributed by atoms with E-state index >= 15 is 0 Å². The van der Waals surface area contributed by atoms with E-state index in [4.69, 9.17) is 4.42 Å². The van der Waals surface area contributed by atoms with Crippen LogP contribution in [0.15, 0.2) is 33.8 Å². The van der Waals surface area contributed by atoms with Crippen LogP contribution < -0.4 is 10.9 Å². The molecule has 0 aliphatic heterocycles. The molecule has 0 bridgehead atoms. The molecule has 0 saturated heterocycles. The van der Waals surface area contributed by atoms with Crippen molar-refractivity contribution in [2.45, 2.75) is 58.8 Å². The van der Waals surface area contributed by atoms with Gasteiger partial charge in [-0.25, -0.2) is 14.6 Å². The van der Waals surface area contributed by atoms with Gasteiger partial charge in [-0.2, -0.15) is 0 Å². The predicted molar refractivity (Wildman–Crippen MR) is 123 cm³/mol. The third kappa shape index (κ3) is 7.06. The molecule has 0 saturated carbocycles. The van der Waals surface area contributed by atoms with E-state index in [0.29, 0.717) is 25.0 Å². The van der Waals surface area contributed by atoms with Gasteiger partial charge in [0.25, 0.3) is 0 Å². The summed E-state index contributed by atoms with van der Waals surface area (Å²) < 4.78 is 11.7. The number of alkyl carbamates (subject to hydrolysis) is 1. The lowest BCUT2D eigenvalue weighted by molar-refractivity contribution is 0.0919. The molecular weight excluding hydrogens is 426 g/mol. The Bertz CT molecular complexity index is 1050. The molecule has 9 heteroatoms. The van der Waals surface area contributed by atoms with Crippen LogP contribution in [0.3, 0.4) is 0 Å². The van der Waals surface area contributed by atoms with Gasteiger partial charge in [-0.05, 0) is 19.3 Å². The van der Waals surface area contributed by atoms with Crippen LogP contribution in [-0.4, -0.2) is 33.6 Å². The normalized spacial score (nSPS) is 13.1. The zero-order valence-electron chi connectivity index (χ0n) is 19.9. The van der Waals surface area contributed by atoms with E-state index in [1.165, 1.54) is 19.4 Å².